The van der Waals surface area contributed by atoms with Crippen LogP contribution in [0.1, 0.15) is 35.8 Å². The highest BCUT2D eigenvalue weighted by Crippen LogP contribution is 2.19. The van der Waals surface area contributed by atoms with E-state index in [1.807, 2.05) is 0 Å². The monoisotopic (exact) mass is 226 g/mol. The molecule has 16 heavy (non-hydrogen) atoms. The number of aliphatic hydroxyl groups is 1. The van der Waals surface area contributed by atoms with Gasteiger partial charge in [-0.1, -0.05) is 0 Å². The number of hydrogen-bond donors (Lipinski definition) is 3. The Bertz CT molecular complexity index is 379. The van der Waals surface area contributed by atoms with Crippen molar-refractivity contribution in [2.75, 3.05) is 13.2 Å². The Labute approximate surface area is 92.2 Å². The van der Waals surface area contributed by atoms with Gasteiger partial charge in [0.15, 0.2) is 0 Å². The first-order valence-electron chi connectivity index (χ1n) is 5.21. The van der Waals surface area contributed by atoms with Crippen LogP contribution in [0, 0.1) is 0 Å². The number of H-pyrrole nitrogens is 1. The Morgan fingerprint density at radius 3 is 3.12 bits per heavy atom. The molecule has 2 rings (SSSR count). The molecule has 1 fully saturated rings. The smallest absolute Gasteiger partial charge is 0.378 e. The topological polar surface area (TPSA) is 100 Å². The van der Waals surface area contributed by atoms with Crippen molar-refractivity contribution < 1.29 is 14.6 Å². The van der Waals surface area contributed by atoms with Crippen LogP contribution < -0.4 is 5.32 Å². The van der Waals surface area contributed by atoms with Crippen LogP contribution in [0.4, 0.5) is 0 Å². The molecule has 0 radical (unpaired) electrons. The highest BCUT2D eigenvalue weighted by Gasteiger charge is 2.27. The van der Waals surface area contributed by atoms with E-state index in [1.165, 1.54) is 0 Å². The van der Waals surface area contributed by atoms with E-state index < -0.39 is 5.97 Å². The molecular formula is C9H14N4O3. The van der Waals surface area contributed by atoms with E-state index >= 15 is 0 Å². The number of carbonyl (C=O) groups is 1. The van der Waals surface area contributed by atoms with Gasteiger partial charge >= 0.3 is 5.97 Å². The molecule has 0 amide bonds. The summed E-state index contributed by atoms with van der Waals surface area (Å²) in [5, 5.41) is 18.9. The van der Waals surface area contributed by atoms with Gasteiger partial charge in [-0.2, -0.15) is 0 Å². The van der Waals surface area contributed by atoms with E-state index in [0.717, 1.165) is 0 Å². The van der Waals surface area contributed by atoms with Crippen molar-refractivity contribution in [1.82, 2.24) is 20.5 Å². The summed E-state index contributed by atoms with van der Waals surface area (Å²) in [4.78, 5) is 15.3. The van der Waals surface area contributed by atoms with Crippen LogP contribution in [0.15, 0.2) is 0 Å². The molecule has 7 heteroatoms. The van der Waals surface area contributed by atoms with Gasteiger partial charge in [0, 0.05) is 6.54 Å². The molecule has 0 aromatic carbocycles. The zero-order chi connectivity index (χ0) is 11.5. The number of rotatable bonds is 3. The highest BCUT2D eigenvalue weighted by atomic mass is 16.5. The lowest BCUT2D eigenvalue weighted by atomic mass is 10.2. The van der Waals surface area contributed by atoms with E-state index in [1.54, 1.807) is 6.92 Å². The molecule has 7 nitrogen and oxygen atoms in total. The third-order valence-electron chi connectivity index (χ3n) is 2.40. The molecule has 0 spiro atoms. The Kier molecular flexibility index (Phi) is 3.16. The van der Waals surface area contributed by atoms with Crippen molar-refractivity contribution in [3.63, 3.8) is 0 Å². The number of ether oxygens (including phenoxy) is 1. The second-order valence-electron chi connectivity index (χ2n) is 3.62. The van der Waals surface area contributed by atoms with Crippen molar-refractivity contribution in [1.29, 1.82) is 0 Å². The van der Waals surface area contributed by atoms with Crippen LogP contribution in [0.5, 0.6) is 0 Å². The van der Waals surface area contributed by atoms with Crippen LogP contribution in [-0.2, 0) is 4.74 Å². The number of hydrogen-bond acceptors (Lipinski definition) is 6. The summed E-state index contributed by atoms with van der Waals surface area (Å²) in [6.07, 6.45) is 0.193. The zero-order valence-corrected chi connectivity index (χ0v) is 8.93. The fourth-order valence-electron chi connectivity index (χ4n) is 1.64. The number of nitrogens with one attached hydrogen (secondary N) is 2. The van der Waals surface area contributed by atoms with Crippen molar-refractivity contribution in [3.8, 4) is 0 Å². The van der Waals surface area contributed by atoms with Gasteiger partial charge in [-0.05, 0) is 13.3 Å². The maximum atomic E-state index is 11.3. The summed E-state index contributed by atoms with van der Waals surface area (Å²) in [6.45, 7) is 2.55. The fourth-order valence-corrected chi connectivity index (χ4v) is 1.64. The predicted molar refractivity (Wildman–Crippen MR) is 53.7 cm³/mol. The number of aromatic nitrogens is 3. The molecular weight excluding hydrogens is 212 g/mol. The summed E-state index contributed by atoms with van der Waals surface area (Å²) >= 11 is 0. The Morgan fingerprint density at radius 1 is 1.69 bits per heavy atom. The van der Waals surface area contributed by atoms with E-state index in [-0.39, 0.29) is 18.0 Å². The van der Waals surface area contributed by atoms with Gasteiger partial charge in [-0.3, -0.25) is 5.10 Å². The molecule has 1 aromatic rings. The first-order chi connectivity index (χ1) is 7.70. The molecule has 2 atom stereocenters. The molecule has 1 saturated heterocycles. The molecule has 1 aromatic heterocycles. The minimum atomic E-state index is -0.538. The second-order valence-corrected chi connectivity index (χ2v) is 3.62. The van der Waals surface area contributed by atoms with Gasteiger partial charge in [0.05, 0.1) is 18.8 Å². The maximum Gasteiger partial charge on any atom is 0.378 e. The van der Waals surface area contributed by atoms with Crippen LogP contribution in [0.25, 0.3) is 0 Å². The standard InChI is InChI=1S/C9H14N4O3/c1-2-16-9(15)8-11-7(12-13-8)6-3-5(14)4-10-6/h5-6,10,14H,2-4H2,1H3,(H,11,12,13)/t5?,6-/m0/s1. The maximum absolute atomic E-state index is 11.3. The van der Waals surface area contributed by atoms with Crippen LogP contribution in [0.3, 0.4) is 0 Å². The van der Waals surface area contributed by atoms with E-state index in [9.17, 15) is 9.90 Å². The Morgan fingerprint density at radius 2 is 2.50 bits per heavy atom. The van der Waals surface area contributed by atoms with E-state index in [2.05, 4.69) is 20.5 Å². The van der Waals surface area contributed by atoms with Gasteiger partial charge in [0.1, 0.15) is 5.82 Å². The van der Waals surface area contributed by atoms with Crippen LogP contribution in [-0.4, -0.2) is 45.5 Å². The SMILES string of the molecule is CCOC(=O)c1n[nH]c([C@@H]2CC(O)CN2)n1. The van der Waals surface area contributed by atoms with Crippen molar-refractivity contribution in [2.45, 2.75) is 25.5 Å². The lowest BCUT2D eigenvalue weighted by molar-refractivity contribution is 0.0512. The predicted octanol–water partition coefficient (Wildman–Crippen LogP) is -0.623. The quantitative estimate of drug-likeness (QED) is 0.594. The summed E-state index contributed by atoms with van der Waals surface area (Å²) in [6, 6.07) is -0.0781. The number of nitrogens with zero attached hydrogens (tertiary/aromatic N) is 2. The lowest BCUT2D eigenvalue weighted by Crippen LogP contribution is -2.16. The van der Waals surface area contributed by atoms with Crippen LogP contribution >= 0.6 is 0 Å². The molecule has 1 aliphatic rings. The minimum Gasteiger partial charge on any atom is -0.460 e. The number of β-amino-alcohol motifs (C(OH)–C–C–N with tert-alkyl or cyclic N) is 1. The molecule has 3 N–H and O–H groups in total. The normalized spacial score (nSPS) is 24.6. The summed E-state index contributed by atoms with van der Waals surface area (Å²) < 4.78 is 4.77. The molecule has 0 saturated carbocycles. The fraction of sp³-hybridized carbons (Fsp3) is 0.667. The summed E-state index contributed by atoms with van der Waals surface area (Å²) in [7, 11) is 0. The third-order valence-corrected chi connectivity index (χ3v) is 2.40. The van der Waals surface area contributed by atoms with E-state index in [4.69, 9.17) is 4.74 Å². The van der Waals surface area contributed by atoms with E-state index in [0.29, 0.717) is 25.4 Å². The molecule has 2 heterocycles. The van der Waals surface area contributed by atoms with Gasteiger partial charge in [-0.15, -0.1) is 5.10 Å². The lowest BCUT2D eigenvalue weighted by Gasteiger charge is -2.03. The third kappa shape index (κ3) is 2.20. The first kappa shape index (κ1) is 11.0. The molecule has 1 aliphatic heterocycles. The summed E-state index contributed by atoms with van der Waals surface area (Å²) in [5.41, 5.74) is 0. The number of esters is 1. The molecule has 0 bridgehead atoms. The number of aromatic amines is 1. The van der Waals surface area contributed by atoms with Crippen molar-refractivity contribution in [3.05, 3.63) is 11.6 Å². The average molecular weight is 226 g/mol. The molecule has 1 unspecified atom stereocenters. The van der Waals surface area contributed by atoms with Gasteiger partial charge < -0.3 is 15.2 Å². The summed E-state index contributed by atoms with van der Waals surface area (Å²) in [5.74, 6) is 0.0446. The van der Waals surface area contributed by atoms with Crippen molar-refractivity contribution in [2.24, 2.45) is 0 Å². The second kappa shape index (κ2) is 4.58. The van der Waals surface area contributed by atoms with Crippen LogP contribution in [0.2, 0.25) is 0 Å². The average Bonchev–Trinajstić information content (AvgIpc) is 2.85. The Hall–Kier alpha value is -1.47. The zero-order valence-electron chi connectivity index (χ0n) is 8.93. The molecule has 0 aliphatic carbocycles. The van der Waals surface area contributed by atoms with Gasteiger partial charge in [0.25, 0.3) is 5.82 Å². The van der Waals surface area contributed by atoms with Crippen molar-refractivity contribution >= 4 is 5.97 Å². The van der Waals surface area contributed by atoms with Gasteiger partial charge in [0.2, 0.25) is 0 Å². The Balaban J connectivity index is 2.04. The first-order valence-corrected chi connectivity index (χ1v) is 5.21. The number of aliphatic hydroxyl groups excluding tert-OH is 1. The molecule has 88 valence electrons. The largest absolute Gasteiger partial charge is 0.460 e. The van der Waals surface area contributed by atoms with Gasteiger partial charge in [-0.25, -0.2) is 9.78 Å². The number of carbonyl (C=O) groups excluding carboxylic acids is 1. The minimum absolute atomic E-state index is 0.0278. The highest BCUT2D eigenvalue weighted by molar-refractivity contribution is 5.84.